The van der Waals surface area contributed by atoms with Crippen molar-refractivity contribution in [1.82, 2.24) is 0 Å². The molecule has 0 amide bonds. The Morgan fingerprint density at radius 1 is 0.889 bits per heavy atom. The molecule has 0 saturated carbocycles. The van der Waals surface area contributed by atoms with E-state index in [1.807, 2.05) is 48.5 Å². The lowest BCUT2D eigenvalue weighted by Gasteiger charge is -2.28. The van der Waals surface area contributed by atoms with Crippen LogP contribution < -0.4 is 10.1 Å². The topological polar surface area (TPSA) is 46.1 Å². The smallest absolute Gasteiger partial charge is 0.163 e. The van der Waals surface area contributed by atoms with Crippen molar-refractivity contribution in [3.05, 3.63) is 99.5 Å². The first-order valence-electron chi connectivity index (χ1n) is 8.70. The van der Waals surface area contributed by atoms with Gasteiger partial charge in [-0.15, -0.1) is 0 Å². The summed E-state index contributed by atoms with van der Waals surface area (Å²) in [6, 6.07) is 22.5. The fourth-order valence-electron chi connectivity index (χ4n) is 3.10. The molecular formula is C22H22Cl2NO2+. The van der Waals surface area contributed by atoms with Gasteiger partial charge < -0.3 is 15.2 Å². The fourth-order valence-corrected chi connectivity index (χ4v) is 3.35. The zero-order valence-electron chi connectivity index (χ0n) is 15.0. The molecule has 0 aliphatic rings. The van der Waals surface area contributed by atoms with Gasteiger partial charge in [-0.1, -0.05) is 59.6 Å². The number of quaternary nitrogens is 1. The number of rotatable bonds is 7. The molecule has 0 aliphatic heterocycles. The van der Waals surface area contributed by atoms with E-state index >= 15 is 0 Å². The minimum absolute atomic E-state index is 0.452. The van der Waals surface area contributed by atoms with Crippen LogP contribution in [0, 0.1) is 0 Å². The number of benzene rings is 3. The summed E-state index contributed by atoms with van der Waals surface area (Å²) in [6.45, 7) is 1.17. The van der Waals surface area contributed by atoms with E-state index in [9.17, 15) is 5.11 Å². The molecular weight excluding hydrogens is 381 g/mol. The van der Waals surface area contributed by atoms with Crippen molar-refractivity contribution >= 4 is 23.2 Å². The van der Waals surface area contributed by atoms with Gasteiger partial charge in [0, 0.05) is 15.6 Å². The van der Waals surface area contributed by atoms with Gasteiger partial charge in [0.1, 0.15) is 18.8 Å². The first-order valence-corrected chi connectivity index (χ1v) is 9.46. The monoisotopic (exact) mass is 402 g/mol. The number of halogens is 2. The molecule has 3 nitrogen and oxygen atoms in total. The fraction of sp³-hybridized carbons (Fsp3) is 0.182. The average Bonchev–Trinajstić information content (AvgIpc) is 2.69. The highest BCUT2D eigenvalue weighted by Crippen LogP contribution is 2.30. The Hall–Kier alpha value is -2.04. The molecule has 3 rings (SSSR count). The molecule has 0 heterocycles. The predicted octanol–water partition coefficient (Wildman–Crippen LogP) is 4.00. The highest BCUT2D eigenvalue weighted by atomic mass is 35.5. The molecule has 0 aliphatic carbocycles. The summed E-state index contributed by atoms with van der Waals surface area (Å²) < 4.78 is 5.27. The first-order chi connectivity index (χ1) is 13.0. The van der Waals surface area contributed by atoms with Crippen LogP contribution in [0.5, 0.6) is 5.75 Å². The Balaban J connectivity index is 1.83. The molecule has 0 aromatic heterocycles. The second-order valence-electron chi connectivity index (χ2n) is 6.42. The number of aliphatic hydroxyl groups is 1. The van der Waals surface area contributed by atoms with E-state index in [2.05, 4.69) is 5.32 Å². The molecule has 5 heteroatoms. The number of methoxy groups -OCH3 is 1. The summed E-state index contributed by atoms with van der Waals surface area (Å²) in [5.41, 5.74) is 1.55. The van der Waals surface area contributed by atoms with Gasteiger partial charge in [-0.25, -0.2) is 0 Å². The Morgan fingerprint density at radius 3 is 1.96 bits per heavy atom. The van der Waals surface area contributed by atoms with Crippen molar-refractivity contribution < 1.29 is 15.2 Å². The third kappa shape index (κ3) is 4.82. The Morgan fingerprint density at radius 2 is 1.44 bits per heavy atom. The molecule has 0 bridgehead atoms. The molecule has 0 saturated heterocycles. The van der Waals surface area contributed by atoms with E-state index in [-0.39, 0.29) is 0 Å². The van der Waals surface area contributed by atoms with Gasteiger partial charge in [-0.3, -0.25) is 0 Å². The van der Waals surface area contributed by atoms with E-state index in [0.717, 1.165) is 29.0 Å². The van der Waals surface area contributed by atoms with E-state index in [0.29, 0.717) is 16.6 Å². The van der Waals surface area contributed by atoms with E-state index in [1.165, 1.54) is 0 Å². The van der Waals surface area contributed by atoms with E-state index in [4.69, 9.17) is 27.9 Å². The standard InChI is InChI=1S/C22H21Cl2NO2/c1-27-21-4-2-3-16(13-21)14-25-15-22(26,17-5-9-19(23)10-6-17)18-7-11-20(24)12-8-18/h2-13,25-26H,14-15H2,1H3/p+1. The summed E-state index contributed by atoms with van der Waals surface area (Å²) in [5.74, 6) is 0.826. The maximum Gasteiger partial charge on any atom is 0.163 e. The zero-order valence-corrected chi connectivity index (χ0v) is 16.5. The Kier molecular flexibility index (Phi) is 6.40. The quantitative estimate of drug-likeness (QED) is 0.627. The maximum atomic E-state index is 11.6. The maximum absolute atomic E-state index is 11.6. The van der Waals surface area contributed by atoms with Gasteiger partial charge in [-0.05, 0) is 47.5 Å². The molecule has 0 unspecified atom stereocenters. The SMILES string of the molecule is COc1cccc(C[NH2+]CC(O)(c2ccc(Cl)cc2)c2ccc(Cl)cc2)c1. The van der Waals surface area contributed by atoms with Crippen molar-refractivity contribution in [2.24, 2.45) is 0 Å². The molecule has 0 atom stereocenters. The highest BCUT2D eigenvalue weighted by Gasteiger charge is 2.33. The highest BCUT2D eigenvalue weighted by molar-refractivity contribution is 6.30. The average molecular weight is 403 g/mol. The van der Waals surface area contributed by atoms with Gasteiger partial charge in [0.25, 0.3) is 0 Å². The van der Waals surface area contributed by atoms with Crippen molar-refractivity contribution in [3.63, 3.8) is 0 Å². The van der Waals surface area contributed by atoms with Crippen LogP contribution in [0.3, 0.4) is 0 Å². The molecule has 3 aromatic carbocycles. The minimum atomic E-state index is -1.16. The van der Waals surface area contributed by atoms with Gasteiger partial charge in [-0.2, -0.15) is 0 Å². The summed E-state index contributed by atoms with van der Waals surface area (Å²) in [6.07, 6.45) is 0. The second-order valence-corrected chi connectivity index (χ2v) is 7.30. The van der Waals surface area contributed by atoms with Crippen LogP contribution in [-0.2, 0) is 12.1 Å². The lowest BCUT2D eigenvalue weighted by molar-refractivity contribution is -0.682. The van der Waals surface area contributed by atoms with Crippen LogP contribution in [0.15, 0.2) is 72.8 Å². The lowest BCUT2D eigenvalue weighted by atomic mass is 9.86. The molecule has 27 heavy (non-hydrogen) atoms. The van der Waals surface area contributed by atoms with E-state index < -0.39 is 5.60 Å². The number of ether oxygens (including phenoxy) is 1. The van der Waals surface area contributed by atoms with Crippen molar-refractivity contribution in [3.8, 4) is 5.75 Å². The van der Waals surface area contributed by atoms with Crippen molar-refractivity contribution in [1.29, 1.82) is 0 Å². The van der Waals surface area contributed by atoms with Crippen LogP contribution in [0.2, 0.25) is 10.0 Å². The first kappa shape index (κ1) is 19.7. The van der Waals surface area contributed by atoms with Crippen molar-refractivity contribution in [2.45, 2.75) is 12.1 Å². The van der Waals surface area contributed by atoms with Crippen LogP contribution in [-0.4, -0.2) is 18.8 Å². The van der Waals surface area contributed by atoms with Crippen LogP contribution in [0.4, 0.5) is 0 Å². The van der Waals surface area contributed by atoms with Gasteiger partial charge in [0.2, 0.25) is 0 Å². The molecule has 3 N–H and O–H groups in total. The van der Waals surface area contributed by atoms with Crippen LogP contribution in [0.25, 0.3) is 0 Å². The molecule has 0 fully saturated rings. The molecule has 0 spiro atoms. The summed E-state index contributed by atoms with van der Waals surface area (Å²) in [7, 11) is 1.66. The lowest BCUT2D eigenvalue weighted by Crippen LogP contribution is -2.86. The van der Waals surface area contributed by atoms with Crippen LogP contribution >= 0.6 is 23.2 Å². The molecule has 3 aromatic rings. The minimum Gasteiger partial charge on any atom is -0.497 e. The Bertz CT molecular complexity index is 834. The second kappa shape index (κ2) is 8.77. The molecule has 0 radical (unpaired) electrons. The number of hydrogen-bond donors (Lipinski definition) is 2. The number of nitrogens with two attached hydrogens (primary N) is 1. The normalized spacial score (nSPS) is 11.4. The number of hydrogen-bond acceptors (Lipinski definition) is 2. The van der Waals surface area contributed by atoms with Crippen molar-refractivity contribution in [2.75, 3.05) is 13.7 Å². The third-order valence-electron chi connectivity index (χ3n) is 4.60. The summed E-state index contributed by atoms with van der Waals surface area (Å²) in [5, 5.41) is 14.9. The van der Waals surface area contributed by atoms with Gasteiger partial charge in [0.05, 0.1) is 7.11 Å². The van der Waals surface area contributed by atoms with Gasteiger partial charge in [0.15, 0.2) is 5.60 Å². The van der Waals surface area contributed by atoms with Gasteiger partial charge >= 0.3 is 0 Å². The van der Waals surface area contributed by atoms with Crippen LogP contribution in [0.1, 0.15) is 16.7 Å². The summed E-state index contributed by atoms with van der Waals surface area (Å²) >= 11 is 12.0. The largest absolute Gasteiger partial charge is 0.497 e. The molecule has 140 valence electrons. The predicted molar refractivity (Wildman–Crippen MR) is 109 cm³/mol. The van der Waals surface area contributed by atoms with E-state index in [1.54, 1.807) is 31.4 Å². The summed E-state index contributed by atoms with van der Waals surface area (Å²) in [4.78, 5) is 0. The Labute approximate surface area is 169 Å². The zero-order chi connectivity index (χ0) is 19.3. The third-order valence-corrected chi connectivity index (χ3v) is 5.10.